The summed E-state index contributed by atoms with van der Waals surface area (Å²) < 4.78 is 0. The van der Waals surface area contributed by atoms with Crippen molar-refractivity contribution >= 4 is 28.4 Å². The minimum atomic E-state index is -0.141. The monoisotopic (exact) mass is 333 g/mol. The van der Waals surface area contributed by atoms with Crippen LogP contribution in [0.4, 0.5) is 5.69 Å². The fourth-order valence-corrected chi connectivity index (χ4v) is 4.74. The SMILES string of the molecule is Cc1ccnc2c(NCN3C(=O)[C@H]4[C@H](C3=O)[C@H]3C=C[C@H]4C3)cccc12. The van der Waals surface area contributed by atoms with E-state index >= 15 is 0 Å². The number of pyridine rings is 1. The smallest absolute Gasteiger partial charge is 0.235 e. The first-order valence-electron chi connectivity index (χ1n) is 8.77. The molecule has 5 heteroatoms. The second kappa shape index (κ2) is 5.15. The molecule has 1 saturated carbocycles. The van der Waals surface area contributed by atoms with Crippen molar-refractivity contribution in [1.82, 2.24) is 9.88 Å². The molecule has 1 saturated heterocycles. The van der Waals surface area contributed by atoms with Gasteiger partial charge in [0.1, 0.15) is 0 Å². The number of aromatic nitrogens is 1. The molecular weight excluding hydrogens is 314 g/mol. The van der Waals surface area contributed by atoms with Gasteiger partial charge in [0.25, 0.3) is 0 Å². The maximum absolute atomic E-state index is 12.7. The number of likely N-dealkylation sites (tertiary alicyclic amines) is 1. The molecule has 0 radical (unpaired) electrons. The lowest BCUT2D eigenvalue weighted by Crippen LogP contribution is -2.37. The van der Waals surface area contributed by atoms with Crippen molar-refractivity contribution in [2.24, 2.45) is 23.7 Å². The van der Waals surface area contributed by atoms with E-state index in [9.17, 15) is 9.59 Å². The number of anilines is 1. The lowest BCUT2D eigenvalue weighted by Gasteiger charge is -2.19. The third-order valence-electron chi connectivity index (χ3n) is 5.98. The van der Waals surface area contributed by atoms with Gasteiger partial charge in [-0.05, 0) is 42.9 Å². The number of nitrogens with zero attached hydrogens (tertiary/aromatic N) is 2. The number of hydrogen-bond acceptors (Lipinski definition) is 4. The van der Waals surface area contributed by atoms with Crippen molar-refractivity contribution in [3.63, 3.8) is 0 Å². The van der Waals surface area contributed by atoms with Gasteiger partial charge in [-0.15, -0.1) is 0 Å². The van der Waals surface area contributed by atoms with Crippen LogP contribution in [0.2, 0.25) is 0 Å². The summed E-state index contributed by atoms with van der Waals surface area (Å²) in [5.41, 5.74) is 2.86. The van der Waals surface area contributed by atoms with E-state index in [1.54, 1.807) is 6.20 Å². The molecule has 5 rings (SSSR count). The molecule has 0 unspecified atom stereocenters. The summed E-state index contributed by atoms with van der Waals surface area (Å²) in [6, 6.07) is 7.91. The first-order chi connectivity index (χ1) is 12.1. The van der Waals surface area contributed by atoms with Gasteiger partial charge >= 0.3 is 0 Å². The molecule has 25 heavy (non-hydrogen) atoms. The zero-order valence-electron chi connectivity index (χ0n) is 14.0. The van der Waals surface area contributed by atoms with Gasteiger partial charge in [-0.25, -0.2) is 0 Å². The molecule has 1 N–H and O–H groups in total. The molecule has 2 bridgehead atoms. The van der Waals surface area contributed by atoms with E-state index in [2.05, 4.69) is 22.5 Å². The van der Waals surface area contributed by atoms with Gasteiger partial charge in [-0.1, -0.05) is 24.3 Å². The van der Waals surface area contributed by atoms with Crippen molar-refractivity contribution in [3.8, 4) is 0 Å². The van der Waals surface area contributed by atoms with E-state index in [0.29, 0.717) is 0 Å². The van der Waals surface area contributed by atoms with E-state index in [1.165, 1.54) is 4.90 Å². The zero-order valence-corrected chi connectivity index (χ0v) is 14.0. The highest BCUT2D eigenvalue weighted by atomic mass is 16.2. The van der Waals surface area contributed by atoms with Crippen molar-refractivity contribution in [3.05, 3.63) is 48.2 Å². The number of rotatable bonds is 3. The van der Waals surface area contributed by atoms with Crippen molar-refractivity contribution < 1.29 is 9.59 Å². The first kappa shape index (κ1) is 14.6. The van der Waals surface area contributed by atoms with Gasteiger partial charge in [-0.3, -0.25) is 19.5 Å². The minimum Gasteiger partial charge on any atom is -0.365 e. The van der Waals surface area contributed by atoms with E-state index in [1.807, 2.05) is 31.2 Å². The number of nitrogens with one attached hydrogen (secondary N) is 1. The van der Waals surface area contributed by atoms with Crippen molar-refractivity contribution in [1.29, 1.82) is 0 Å². The second-order valence-electron chi connectivity index (χ2n) is 7.27. The topological polar surface area (TPSA) is 62.3 Å². The molecule has 0 spiro atoms. The number of fused-ring (bicyclic) bond motifs is 6. The molecule has 5 nitrogen and oxygen atoms in total. The number of hydrogen-bond donors (Lipinski definition) is 1. The Balaban J connectivity index is 1.40. The lowest BCUT2D eigenvalue weighted by molar-refractivity contribution is -0.140. The minimum absolute atomic E-state index is 0.0243. The van der Waals surface area contributed by atoms with Gasteiger partial charge in [0.05, 0.1) is 29.7 Å². The van der Waals surface area contributed by atoms with Gasteiger partial charge in [0.2, 0.25) is 11.8 Å². The average Bonchev–Trinajstić information content (AvgIpc) is 3.29. The number of benzene rings is 1. The molecule has 1 aromatic carbocycles. The number of amides is 2. The third-order valence-corrected chi connectivity index (χ3v) is 5.98. The van der Waals surface area contributed by atoms with Crippen LogP contribution in [0.15, 0.2) is 42.6 Å². The summed E-state index contributed by atoms with van der Waals surface area (Å²) in [4.78, 5) is 31.3. The summed E-state index contributed by atoms with van der Waals surface area (Å²) >= 11 is 0. The molecule has 3 aliphatic rings. The van der Waals surface area contributed by atoms with Crippen LogP contribution in [0.25, 0.3) is 10.9 Å². The van der Waals surface area contributed by atoms with Crippen LogP contribution >= 0.6 is 0 Å². The number of allylic oxidation sites excluding steroid dienone is 2. The Labute approximate surface area is 145 Å². The Morgan fingerprint density at radius 2 is 1.84 bits per heavy atom. The quantitative estimate of drug-likeness (QED) is 0.693. The molecule has 2 aliphatic carbocycles. The maximum atomic E-state index is 12.7. The molecule has 1 aliphatic heterocycles. The third kappa shape index (κ3) is 1.98. The maximum Gasteiger partial charge on any atom is 0.235 e. The molecule has 1 aromatic heterocycles. The summed E-state index contributed by atoms with van der Waals surface area (Å²) in [7, 11) is 0. The molecule has 2 fully saturated rings. The molecule has 126 valence electrons. The zero-order chi connectivity index (χ0) is 17.1. The number of imide groups is 1. The fourth-order valence-electron chi connectivity index (χ4n) is 4.74. The van der Waals surface area contributed by atoms with Crippen LogP contribution in [0.3, 0.4) is 0 Å². The number of para-hydroxylation sites is 1. The first-order valence-corrected chi connectivity index (χ1v) is 8.77. The molecule has 4 atom stereocenters. The van der Waals surface area contributed by atoms with E-state index in [-0.39, 0.29) is 42.2 Å². The highest BCUT2D eigenvalue weighted by Gasteiger charge is 2.59. The predicted molar refractivity (Wildman–Crippen MR) is 94.5 cm³/mol. The predicted octanol–water partition coefficient (Wildman–Crippen LogP) is 2.72. The Hall–Kier alpha value is -2.69. The highest BCUT2D eigenvalue weighted by Crippen LogP contribution is 2.52. The number of carbonyl (C=O) groups is 2. The fraction of sp³-hybridized carbons (Fsp3) is 0.350. The van der Waals surface area contributed by atoms with Crippen LogP contribution < -0.4 is 5.32 Å². The normalized spacial score (nSPS) is 29.7. The number of carbonyl (C=O) groups excluding carboxylic acids is 2. The Morgan fingerprint density at radius 1 is 1.12 bits per heavy atom. The van der Waals surface area contributed by atoms with Crippen LogP contribution in [-0.2, 0) is 9.59 Å². The average molecular weight is 333 g/mol. The van der Waals surface area contributed by atoms with Crippen LogP contribution in [0.1, 0.15) is 12.0 Å². The molecular formula is C20H19N3O2. The van der Waals surface area contributed by atoms with Crippen LogP contribution in [-0.4, -0.2) is 28.4 Å². The summed E-state index contributed by atoms with van der Waals surface area (Å²) in [6.07, 6.45) is 6.97. The van der Waals surface area contributed by atoms with Gasteiger partial charge < -0.3 is 5.32 Å². The standard InChI is InChI=1S/C20H19N3O2/c1-11-7-8-21-18-14(11)3-2-4-15(18)22-10-23-19(24)16-12-5-6-13(9-12)17(16)20(23)25/h2-8,12-13,16-17,22H,9-10H2,1H3/t12-,13-,16+,17+/m0/s1. The van der Waals surface area contributed by atoms with E-state index in [0.717, 1.165) is 28.6 Å². The largest absolute Gasteiger partial charge is 0.365 e. The summed E-state index contributed by atoms with van der Waals surface area (Å²) in [5.74, 6) is 0.165. The molecule has 2 aromatic rings. The van der Waals surface area contributed by atoms with E-state index < -0.39 is 0 Å². The van der Waals surface area contributed by atoms with Crippen molar-refractivity contribution in [2.75, 3.05) is 12.0 Å². The Morgan fingerprint density at radius 3 is 2.56 bits per heavy atom. The Bertz CT molecular complexity index is 906. The van der Waals surface area contributed by atoms with Gasteiger partial charge in [-0.2, -0.15) is 0 Å². The second-order valence-corrected chi connectivity index (χ2v) is 7.27. The lowest BCUT2D eigenvalue weighted by atomic mass is 9.85. The molecule has 2 heterocycles. The summed E-state index contributed by atoms with van der Waals surface area (Å²) in [5, 5.41) is 4.33. The number of aryl methyl sites for hydroxylation is 1. The van der Waals surface area contributed by atoms with E-state index in [4.69, 9.17) is 0 Å². The molecule has 2 amide bonds. The van der Waals surface area contributed by atoms with Gasteiger partial charge in [0.15, 0.2) is 0 Å². The highest BCUT2D eigenvalue weighted by molar-refractivity contribution is 6.06. The van der Waals surface area contributed by atoms with Crippen molar-refractivity contribution in [2.45, 2.75) is 13.3 Å². The Kier molecular flexibility index (Phi) is 3.02. The van der Waals surface area contributed by atoms with Gasteiger partial charge in [0, 0.05) is 11.6 Å². The van der Waals surface area contributed by atoms with Crippen LogP contribution in [0, 0.1) is 30.6 Å². The summed E-state index contributed by atoms with van der Waals surface area (Å²) in [6.45, 7) is 2.25. The van der Waals surface area contributed by atoms with Crippen LogP contribution in [0.5, 0.6) is 0 Å².